The van der Waals surface area contributed by atoms with Gasteiger partial charge in [0.1, 0.15) is 0 Å². The molecule has 0 aromatic heterocycles. The molecule has 0 unspecified atom stereocenters. The Morgan fingerprint density at radius 1 is 1.20 bits per heavy atom. The van der Waals surface area contributed by atoms with E-state index in [4.69, 9.17) is 5.73 Å². The third kappa shape index (κ3) is 3.81. The largest absolute Gasteiger partial charge is 0.326 e. The van der Waals surface area contributed by atoms with Gasteiger partial charge in [0.25, 0.3) is 0 Å². The molecule has 0 heterocycles. The molecule has 3 N–H and O–H groups in total. The van der Waals surface area contributed by atoms with Gasteiger partial charge in [-0.25, -0.2) is 13.1 Å². The Hall–Kier alpha value is -0.910. The van der Waals surface area contributed by atoms with Crippen molar-refractivity contribution >= 4 is 10.0 Å². The quantitative estimate of drug-likeness (QED) is 0.838. The molecule has 1 aliphatic rings. The molecule has 4 nitrogen and oxygen atoms in total. The lowest BCUT2D eigenvalue weighted by Crippen LogP contribution is -2.34. The van der Waals surface area contributed by atoms with E-state index in [1.165, 1.54) is 12.8 Å². The first-order valence-corrected chi connectivity index (χ1v) is 8.83. The zero-order valence-electron chi connectivity index (χ0n) is 12.1. The molecule has 0 radical (unpaired) electrons. The number of sulfonamides is 1. The van der Waals surface area contributed by atoms with Crippen molar-refractivity contribution in [1.82, 2.24) is 4.72 Å². The molecule has 0 bridgehead atoms. The Morgan fingerprint density at radius 2 is 1.85 bits per heavy atom. The van der Waals surface area contributed by atoms with Gasteiger partial charge in [-0.2, -0.15) is 0 Å². The lowest BCUT2D eigenvalue weighted by molar-refractivity contribution is 0.509. The van der Waals surface area contributed by atoms with Crippen molar-refractivity contribution in [2.45, 2.75) is 62.9 Å². The fourth-order valence-corrected chi connectivity index (χ4v) is 4.34. The summed E-state index contributed by atoms with van der Waals surface area (Å²) in [6.45, 7) is 2.17. The molecule has 0 atom stereocenters. The van der Waals surface area contributed by atoms with E-state index >= 15 is 0 Å². The van der Waals surface area contributed by atoms with Gasteiger partial charge in [0.2, 0.25) is 10.0 Å². The van der Waals surface area contributed by atoms with Gasteiger partial charge in [0.15, 0.2) is 0 Å². The average molecular weight is 296 g/mol. The van der Waals surface area contributed by atoms with Crippen LogP contribution < -0.4 is 10.5 Å². The van der Waals surface area contributed by atoms with Crippen molar-refractivity contribution in [3.63, 3.8) is 0 Å². The van der Waals surface area contributed by atoms with E-state index in [-0.39, 0.29) is 6.04 Å². The van der Waals surface area contributed by atoms with Crippen LogP contribution in [0, 0.1) is 6.92 Å². The molecule has 112 valence electrons. The second kappa shape index (κ2) is 6.70. The van der Waals surface area contributed by atoms with Crippen molar-refractivity contribution in [1.29, 1.82) is 0 Å². The normalized spacial score (nSPS) is 17.9. The first kappa shape index (κ1) is 15.5. The monoisotopic (exact) mass is 296 g/mol. The molecule has 1 aromatic rings. The average Bonchev–Trinajstić information content (AvgIpc) is 2.67. The Bertz CT molecular complexity index is 547. The number of aryl methyl sites for hydroxylation is 1. The highest BCUT2D eigenvalue weighted by Gasteiger charge is 2.22. The maximum absolute atomic E-state index is 12.5. The zero-order chi connectivity index (χ0) is 14.6. The van der Waals surface area contributed by atoms with Crippen LogP contribution in [0.4, 0.5) is 0 Å². The minimum absolute atomic E-state index is 0.0726. The predicted molar refractivity (Wildman–Crippen MR) is 80.9 cm³/mol. The van der Waals surface area contributed by atoms with E-state index in [9.17, 15) is 8.42 Å². The molecule has 1 saturated carbocycles. The van der Waals surface area contributed by atoms with E-state index in [0.717, 1.165) is 36.8 Å². The van der Waals surface area contributed by atoms with Crippen molar-refractivity contribution < 1.29 is 8.42 Å². The Morgan fingerprint density at radius 3 is 2.45 bits per heavy atom. The fourth-order valence-electron chi connectivity index (χ4n) is 2.74. The second-order valence-electron chi connectivity index (χ2n) is 5.61. The molecule has 0 spiro atoms. The van der Waals surface area contributed by atoms with Gasteiger partial charge in [-0.15, -0.1) is 0 Å². The zero-order valence-corrected chi connectivity index (χ0v) is 12.9. The Balaban J connectivity index is 2.21. The summed E-state index contributed by atoms with van der Waals surface area (Å²) in [6.07, 6.45) is 6.51. The first-order chi connectivity index (χ1) is 9.53. The van der Waals surface area contributed by atoms with Crippen molar-refractivity contribution in [2.24, 2.45) is 5.73 Å². The molecule has 1 fully saturated rings. The predicted octanol–water partition coefficient (Wildman–Crippen LogP) is 2.45. The topological polar surface area (TPSA) is 72.2 Å². The van der Waals surface area contributed by atoms with Crippen LogP contribution in [0.2, 0.25) is 0 Å². The van der Waals surface area contributed by atoms with E-state index in [2.05, 4.69) is 4.72 Å². The molecule has 5 heteroatoms. The summed E-state index contributed by atoms with van der Waals surface area (Å²) >= 11 is 0. The first-order valence-electron chi connectivity index (χ1n) is 7.35. The van der Waals surface area contributed by atoms with Crippen LogP contribution in [0.1, 0.15) is 49.7 Å². The van der Waals surface area contributed by atoms with Crippen LogP contribution >= 0.6 is 0 Å². The van der Waals surface area contributed by atoms with Gasteiger partial charge in [0, 0.05) is 12.6 Å². The summed E-state index contributed by atoms with van der Waals surface area (Å²) in [7, 11) is -3.44. The minimum atomic E-state index is -3.44. The fraction of sp³-hybridized carbons (Fsp3) is 0.600. The van der Waals surface area contributed by atoms with E-state index in [1.807, 2.05) is 19.1 Å². The highest BCUT2D eigenvalue weighted by atomic mass is 32.2. The van der Waals surface area contributed by atoms with Crippen molar-refractivity contribution in [3.05, 3.63) is 29.3 Å². The van der Waals surface area contributed by atoms with Crippen LogP contribution in [-0.2, 0) is 16.6 Å². The van der Waals surface area contributed by atoms with Crippen LogP contribution in [-0.4, -0.2) is 14.5 Å². The Labute approximate surface area is 121 Å². The lowest BCUT2D eigenvalue weighted by Gasteiger charge is -2.18. The number of hydrogen-bond donors (Lipinski definition) is 2. The number of hydrogen-bond acceptors (Lipinski definition) is 3. The smallest absolute Gasteiger partial charge is 0.241 e. The van der Waals surface area contributed by atoms with Crippen molar-refractivity contribution in [2.75, 3.05) is 0 Å². The number of nitrogens with one attached hydrogen (secondary N) is 1. The third-order valence-corrected chi connectivity index (χ3v) is 5.62. The Kier molecular flexibility index (Phi) is 5.18. The molecular weight excluding hydrogens is 272 g/mol. The van der Waals surface area contributed by atoms with Gasteiger partial charge in [0.05, 0.1) is 4.90 Å². The summed E-state index contributed by atoms with van der Waals surface area (Å²) in [5, 5.41) is 0. The molecule has 0 aliphatic heterocycles. The van der Waals surface area contributed by atoms with Gasteiger partial charge in [-0.3, -0.25) is 0 Å². The summed E-state index contributed by atoms with van der Waals surface area (Å²) in [5.74, 6) is 0. The van der Waals surface area contributed by atoms with Crippen molar-refractivity contribution in [3.8, 4) is 0 Å². The molecule has 20 heavy (non-hydrogen) atoms. The molecule has 1 aromatic carbocycles. The number of benzene rings is 1. The van der Waals surface area contributed by atoms with Crippen LogP contribution in [0.3, 0.4) is 0 Å². The van der Waals surface area contributed by atoms with Crippen LogP contribution in [0.5, 0.6) is 0 Å². The number of rotatable bonds is 4. The summed E-state index contributed by atoms with van der Waals surface area (Å²) in [4.78, 5) is 0.365. The highest BCUT2D eigenvalue weighted by molar-refractivity contribution is 7.89. The standard InChI is InChI=1S/C15H24N2O2S/c1-12-8-9-13(11-16)10-15(12)20(18,19)17-14-6-4-2-3-5-7-14/h8-10,14,17H,2-7,11,16H2,1H3. The number of nitrogens with two attached hydrogens (primary N) is 1. The lowest BCUT2D eigenvalue weighted by atomic mass is 10.1. The molecule has 0 amide bonds. The van der Waals surface area contributed by atoms with Crippen LogP contribution in [0.25, 0.3) is 0 Å². The summed E-state index contributed by atoms with van der Waals surface area (Å²) < 4.78 is 28.0. The van der Waals surface area contributed by atoms with E-state index < -0.39 is 10.0 Å². The van der Waals surface area contributed by atoms with Crippen LogP contribution in [0.15, 0.2) is 23.1 Å². The SMILES string of the molecule is Cc1ccc(CN)cc1S(=O)(=O)NC1CCCCCC1. The van der Waals surface area contributed by atoms with Gasteiger partial charge >= 0.3 is 0 Å². The van der Waals surface area contributed by atoms with Gasteiger partial charge < -0.3 is 5.73 Å². The van der Waals surface area contributed by atoms with Gasteiger partial charge in [-0.1, -0.05) is 37.8 Å². The third-order valence-electron chi connectivity index (χ3n) is 3.95. The molecule has 1 aliphatic carbocycles. The second-order valence-corrected chi connectivity index (χ2v) is 7.30. The maximum Gasteiger partial charge on any atom is 0.241 e. The maximum atomic E-state index is 12.5. The van der Waals surface area contributed by atoms with Gasteiger partial charge in [-0.05, 0) is 37.0 Å². The highest BCUT2D eigenvalue weighted by Crippen LogP contribution is 2.21. The summed E-state index contributed by atoms with van der Waals surface area (Å²) in [5.41, 5.74) is 7.21. The molecular formula is C15H24N2O2S. The molecule has 0 saturated heterocycles. The molecule has 2 rings (SSSR count). The van der Waals surface area contributed by atoms with E-state index in [0.29, 0.717) is 11.4 Å². The summed E-state index contributed by atoms with van der Waals surface area (Å²) in [6, 6.07) is 5.46. The minimum Gasteiger partial charge on any atom is -0.326 e. The van der Waals surface area contributed by atoms with E-state index in [1.54, 1.807) is 6.07 Å².